The Bertz CT molecular complexity index is 1380. The minimum absolute atomic E-state index is 0.713. The summed E-state index contributed by atoms with van der Waals surface area (Å²) in [4.78, 5) is 0. The zero-order valence-electron chi connectivity index (χ0n) is 20.8. The molecule has 0 nitrogen and oxygen atoms in total. The lowest BCUT2D eigenvalue weighted by Gasteiger charge is -2.13. The van der Waals surface area contributed by atoms with Crippen molar-refractivity contribution in [1.29, 1.82) is 0 Å². The highest BCUT2D eigenvalue weighted by molar-refractivity contribution is 5.91. The summed E-state index contributed by atoms with van der Waals surface area (Å²) in [6.45, 7) is 6.35. The molecule has 0 N–H and O–H groups in total. The second-order valence-corrected chi connectivity index (χ2v) is 10.7. The van der Waals surface area contributed by atoms with Gasteiger partial charge in [0, 0.05) is 0 Å². The van der Waals surface area contributed by atoms with Gasteiger partial charge in [-0.15, -0.1) is 6.58 Å². The monoisotopic (exact) mass is 454 g/mol. The molecule has 0 saturated carbocycles. The molecule has 0 heteroatoms. The van der Waals surface area contributed by atoms with E-state index in [2.05, 4.69) is 98.5 Å². The van der Waals surface area contributed by atoms with Crippen molar-refractivity contribution < 1.29 is 0 Å². The summed E-state index contributed by atoms with van der Waals surface area (Å²) in [7, 11) is 0. The van der Waals surface area contributed by atoms with Gasteiger partial charge in [0.15, 0.2) is 0 Å². The zero-order chi connectivity index (χ0) is 23.8. The molecular weight excluding hydrogens is 420 g/mol. The lowest BCUT2D eigenvalue weighted by atomic mass is 9.91. The van der Waals surface area contributed by atoms with Crippen molar-refractivity contribution >= 4 is 16.7 Å². The molecule has 0 radical (unpaired) electrons. The van der Waals surface area contributed by atoms with Crippen LogP contribution in [0.1, 0.15) is 66.0 Å². The molecule has 0 bridgehead atoms. The van der Waals surface area contributed by atoms with Crippen LogP contribution in [-0.4, -0.2) is 0 Å². The van der Waals surface area contributed by atoms with Gasteiger partial charge in [0.2, 0.25) is 0 Å². The quantitative estimate of drug-likeness (QED) is 0.312. The summed E-state index contributed by atoms with van der Waals surface area (Å²) >= 11 is 0. The van der Waals surface area contributed by atoms with Crippen LogP contribution in [0.4, 0.5) is 0 Å². The maximum absolute atomic E-state index is 4.17. The van der Waals surface area contributed by atoms with Crippen LogP contribution in [-0.2, 0) is 19.3 Å². The molecule has 3 aromatic carbocycles. The molecule has 6 rings (SSSR count). The van der Waals surface area contributed by atoms with Gasteiger partial charge in [-0.2, -0.15) is 0 Å². The van der Waals surface area contributed by atoms with E-state index in [-0.39, 0.29) is 0 Å². The molecule has 35 heavy (non-hydrogen) atoms. The molecule has 0 saturated heterocycles. The Labute approximate surface area is 210 Å². The van der Waals surface area contributed by atoms with E-state index in [0.717, 1.165) is 32.1 Å². The average molecular weight is 455 g/mol. The van der Waals surface area contributed by atoms with Gasteiger partial charge in [0.1, 0.15) is 0 Å². The Hall–Kier alpha value is -3.38. The summed E-state index contributed by atoms with van der Waals surface area (Å²) in [6, 6.07) is 27.2. The fraction of sp³-hybridized carbons (Fsp3) is 0.257. The highest BCUT2D eigenvalue weighted by Gasteiger charge is 2.32. The van der Waals surface area contributed by atoms with Crippen molar-refractivity contribution in [3.05, 3.63) is 136 Å². The molecule has 1 unspecified atom stereocenters. The van der Waals surface area contributed by atoms with E-state index >= 15 is 0 Å². The van der Waals surface area contributed by atoms with Gasteiger partial charge in [-0.05, 0) is 114 Å². The number of allylic oxidation sites excluding steroid dienone is 7. The van der Waals surface area contributed by atoms with Crippen LogP contribution in [0.15, 0.2) is 103 Å². The first-order chi connectivity index (χ1) is 17.1. The van der Waals surface area contributed by atoms with Gasteiger partial charge < -0.3 is 0 Å². The van der Waals surface area contributed by atoms with E-state index in [4.69, 9.17) is 0 Å². The fourth-order valence-corrected chi connectivity index (χ4v) is 6.29. The van der Waals surface area contributed by atoms with E-state index in [0.29, 0.717) is 5.92 Å². The summed E-state index contributed by atoms with van der Waals surface area (Å²) < 4.78 is 0. The van der Waals surface area contributed by atoms with Crippen LogP contribution in [0.3, 0.4) is 0 Å². The molecule has 1 atom stereocenters. The third kappa shape index (κ3) is 4.50. The third-order valence-electron chi connectivity index (χ3n) is 8.08. The van der Waals surface area contributed by atoms with Gasteiger partial charge in [-0.3, -0.25) is 0 Å². The molecule has 0 aromatic heterocycles. The number of hydrogen-bond donors (Lipinski definition) is 0. The first kappa shape index (κ1) is 22.1. The number of fused-ring (bicyclic) bond motifs is 2. The Kier molecular flexibility index (Phi) is 5.90. The highest BCUT2D eigenvalue weighted by Crippen LogP contribution is 2.48. The number of benzene rings is 3. The molecular formula is C35H34. The van der Waals surface area contributed by atoms with Crippen molar-refractivity contribution in [1.82, 2.24) is 0 Å². The Morgan fingerprint density at radius 2 is 1.71 bits per heavy atom. The Morgan fingerprint density at radius 3 is 2.57 bits per heavy atom. The van der Waals surface area contributed by atoms with Crippen LogP contribution in [0.5, 0.6) is 0 Å². The fourth-order valence-electron chi connectivity index (χ4n) is 6.29. The van der Waals surface area contributed by atoms with E-state index in [1.807, 2.05) is 0 Å². The topological polar surface area (TPSA) is 0 Å². The molecule has 174 valence electrons. The van der Waals surface area contributed by atoms with E-state index < -0.39 is 0 Å². The van der Waals surface area contributed by atoms with Crippen LogP contribution in [0.2, 0.25) is 0 Å². The second-order valence-electron chi connectivity index (χ2n) is 10.7. The standard InChI is InChI=1S/C35H34/c1-24(2)19-31-17-18-33-34-22-30(15-16-32(34)23-35(31)33)29-14-13-28(21-29)27-10-6-9-26(20-27)12-11-25-7-4-3-5-8-25/h3-10,14-16,20-22,31H,1,11-13,17-19,23H2,2H3. The summed E-state index contributed by atoms with van der Waals surface area (Å²) in [6.07, 6.45) is 12.9. The summed E-state index contributed by atoms with van der Waals surface area (Å²) in [5, 5.41) is 0. The molecule has 3 aliphatic rings. The van der Waals surface area contributed by atoms with E-state index in [1.54, 1.807) is 11.1 Å². The van der Waals surface area contributed by atoms with Gasteiger partial charge in [-0.25, -0.2) is 0 Å². The first-order valence-corrected chi connectivity index (χ1v) is 13.2. The largest absolute Gasteiger partial charge is 0.100 e. The van der Waals surface area contributed by atoms with Gasteiger partial charge >= 0.3 is 0 Å². The van der Waals surface area contributed by atoms with Gasteiger partial charge in [-0.1, -0.05) is 90.0 Å². The third-order valence-corrected chi connectivity index (χ3v) is 8.08. The zero-order valence-corrected chi connectivity index (χ0v) is 20.8. The Morgan fingerprint density at radius 1 is 0.886 bits per heavy atom. The van der Waals surface area contributed by atoms with Crippen molar-refractivity contribution in [2.75, 3.05) is 0 Å². The number of aryl methyl sites for hydroxylation is 2. The molecule has 0 heterocycles. The normalized spacial score (nSPS) is 18.4. The molecule has 0 spiro atoms. The Balaban J connectivity index is 1.19. The molecule has 0 fully saturated rings. The lowest BCUT2D eigenvalue weighted by Crippen LogP contribution is -2.01. The molecule has 0 aliphatic heterocycles. The predicted molar refractivity (Wildman–Crippen MR) is 150 cm³/mol. The minimum atomic E-state index is 0.713. The maximum Gasteiger partial charge on any atom is -0.00521 e. The predicted octanol–water partition coefficient (Wildman–Crippen LogP) is 9.03. The van der Waals surface area contributed by atoms with E-state index in [9.17, 15) is 0 Å². The lowest BCUT2D eigenvalue weighted by molar-refractivity contribution is 0.588. The smallest absolute Gasteiger partial charge is 0.00521 e. The maximum atomic E-state index is 4.17. The van der Waals surface area contributed by atoms with Crippen LogP contribution in [0.25, 0.3) is 16.7 Å². The number of hydrogen-bond acceptors (Lipinski definition) is 0. The summed E-state index contributed by atoms with van der Waals surface area (Å²) in [5.74, 6) is 0.713. The average Bonchev–Trinajstić information content (AvgIpc) is 3.60. The van der Waals surface area contributed by atoms with Crippen LogP contribution >= 0.6 is 0 Å². The van der Waals surface area contributed by atoms with Crippen LogP contribution in [0, 0.1) is 5.92 Å². The first-order valence-electron chi connectivity index (χ1n) is 13.2. The van der Waals surface area contributed by atoms with Gasteiger partial charge in [0.25, 0.3) is 0 Å². The summed E-state index contributed by atoms with van der Waals surface area (Å²) in [5.41, 5.74) is 16.1. The van der Waals surface area contributed by atoms with Crippen LogP contribution < -0.4 is 0 Å². The van der Waals surface area contributed by atoms with Crippen molar-refractivity contribution in [2.24, 2.45) is 5.92 Å². The van der Waals surface area contributed by atoms with Gasteiger partial charge in [0.05, 0.1) is 0 Å². The molecule has 3 aliphatic carbocycles. The highest BCUT2D eigenvalue weighted by atomic mass is 14.4. The SMILES string of the molecule is C=C(C)CC1CCC2=C1Cc1ccc(C3=CCC(c4cccc(CCc5ccccc5)c4)=C3)cc12. The number of rotatable bonds is 7. The van der Waals surface area contributed by atoms with Crippen molar-refractivity contribution in [3.8, 4) is 0 Å². The minimum Gasteiger partial charge on any atom is -0.100 e. The molecule has 0 amide bonds. The van der Waals surface area contributed by atoms with E-state index in [1.165, 1.54) is 62.9 Å². The molecule has 3 aromatic rings. The van der Waals surface area contributed by atoms with Crippen molar-refractivity contribution in [3.63, 3.8) is 0 Å². The second kappa shape index (κ2) is 9.34. The van der Waals surface area contributed by atoms with Crippen molar-refractivity contribution in [2.45, 2.75) is 51.9 Å².